The summed E-state index contributed by atoms with van der Waals surface area (Å²) in [6, 6.07) is 8.53. The molecule has 1 aromatic carbocycles. The highest BCUT2D eigenvalue weighted by Gasteiger charge is 2.18. The Balaban J connectivity index is 2.65. The molecule has 1 aromatic rings. The lowest BCUT2D eigenvalue weighted by Crippen LogP contribution is -2.45. The normalized spacial score (nSPS) is 11.6. The van der Waals surface area contributed by atoms with Crippen LogP contribution >= 0.6 is 0 Å². The molecule has 16 heavy (non-hydrogen) atoms. The highest BCUT2D eigenvalue weighted by molar-refractivity contribution is 5.84. The number of carbonyl (C=O) groups excluding carboxylic acids is 2. The molecular weight excluding hydrogens is 208 g/mol. The number of hydrogen-bond acceptors (Lipinski definition) is 3. The quantitative estimate of drug-likeness (QED) is 0.775. The summed E-state index contributed by atoms with van der Waals surface area (Å²) < 4.78 is 4.41. The van der Waals surface area contributed by atoms with E-state index >= 15 is 0 Å². The van der Waals surface area contributed by atoms with Gasteiger partial charge in [0, 0.05) is 6.42 Å². The SMILES string of the molecule is COC(=O)NC(Cc1ccccc1)C(N)=O. The van der Waals surface area contributed by atoms with Crippen molar-refractivity contribution in [1.82, 2.24) is 5.32 Å². The standard InChI is InChI=1S/C11H14N2O3/c1-16-11(15)13-9(10(12)14)7-8-5-3-2-4-6-8/h2-6,9H,7H2,1H3,(H2,12,14)(H,13,15). The monoisotopic (exact) mass is 222 g/mol. The van der Waals surface area contributed by atoms with Crippen molar-refractivity contribution in [2.45, 2.75) is 12.5 Å². The van der Waals surface area contributed by atoms with Crippen molar-refractivity contribution < 1.29 is 14.3 Å². The van der Waals surface area contributed by atoms with Crippen molar-refractivity contribution in [1.29, 1.82) is 0 Å². The molecule has 0 bridgehead atoms. The highest BCUT2D eigenvalue weighted by Crippen LogP contribution is 2.03. The zero-order chi connectivity index (χ0) is 12.0. The van der Waals surface area contributed by atoms with Gasteiger partial charge in [-0.2, -0.15) is 0 Å². The van der Waals surface area contributed by atoms with E-state index in [0.717, 1.165) is 5.56 Å². The number of nitrogens with two attached hydrogens (primary N) is 1. The van der Waals surface area contributed by atoms with Gasteiger partial charge in [0.2, 0.25) is 5.91 Å². The van der Waals surface area contributed by atoms with E-state index in [0.29, 0.717) is 6.42 Å². The summed E-state index contributed by atoms with van der Waals surface area (Å²) >= 11 is 0. The minimum Gasteiger partial charge on any atom is -0.453 e. The van der Waals surface area contributed by atoms with Crippen molar-refractivity contribution in [2.75, 3.05) is 7.11 Å². The minimum absolute atomic E-state index is 0.352. The van der Waals surface area contributed by atoms with Crippen molar-refractivity contribution in [2.24, 2.45) is 5.73 Å². The Morgan fingerprint density at radius 1 is 1.38 bits per heavy atom. The average molecular weight is 222 g/mol. The van der Waals surface area contributed by atoms with Gasteiger partial charge in [0.05, 0.1) is 7.11 Å². The summed E-state index contributed by atoms with van der Waals surface area (Å²) in [5, 5.41) is 2.38. The van der Waals surface area contributed by atoms with Crippen molar-refractivity contribution in [3.63, 3.8) is 0 Å². The lowest BCUT2D eigenvalue weighted by atomic mass is 10.1. The predicted molar refractivity (Wildman–Crippen MR) is 58.7 cm³/mol. The van der Waals surface area contributed by atoms with E-state index in [4.69, 9.17) is 5.73 Å². The molecular formula is C11H14N2O3. The Hall–Kier alpha value is -2.04. The van der Waals surface area contributed by atoms with Crippen LogP contribution in [0.15, 0.2) is 30.3 Å². The van der Waals surface area contributed by atoms with E-state index in [2.05, 4.69) is 10.1 Å². The molecule has 5 nitrogen and oxygen atoms in total. The van der Waals surface area contributed by atoms with Crippen LogP contribution in [0.1, 0.15) is 5.56 Å². The lowest BCUT2D eigenvalue weighted by molar-refractivity contribution is -0.119. The largest absolute Gasteiger partial charge is 0.453 e. The third-order valence-electron chi connectivity index (χ3n) is 2.10. The fraction of sp³-hybridized carbons (Fsp3) is 0.273. The highest BCUT2D eigenvalue weighted by atomic mass is 16.5. The minimum atomic E-state index is -0.755. The van der Waals surface area contributed by atoms with Crippen LogP contribution in [0.3, 0.4) is 0 Å². The van der Waals surface area contributed by atoms with Crippen molar-refractivity contribution in [3.05, 3.63) is 35.9 Å². The molecule has 86 valence electrons. The third-order valence-corrected chi connectivity index (χ3v) is 2.10. The first-order valence-electron chi connectivity index (χ1n) is 4.81. The van der Waals surface area contributed by atoms with Crippen LogP contribution in [-0.2, 0) is 16.0 Å². The van der Waals surface area contributed by atoms with Crippen molar-refractivity contribution in [3.8, 4) is 0 Å². The van der Waals surface area contributed by atoms with Gasteiger partial charge in [-0.05, 0) is 5.56 Å². The molecule has 0 spiro atoms. The molecule has 0 aliphatic heterocycles. The number of alkyl carbamates (subject to hydrolysis) is 1. The number of carbonyl (C=O) groups is 2. The molecule has 0 saturated heterocycles. The number of hydrogen-bond donors (Lipinski definition) is 2. The number of ether oxygens (including phenoxy) is 1. The van der Waals surface area contributed by atoms with Crippen LogP contribution in [0.4, 0.5) is 4.79 Å². The van der Waals surface area contributed by atoms with Gasteiger partial charge in [0.1, 0.15) is 6.04 Å². The van der Waals surface area contributed by atoms with Crippen LogP contribution < -0.4 is 11.1 Å². The van der Waals surface area contributed by atoms with E-state index in [-0.39, 0.29) is 0 Å². The maximum atomic E-state index is 11.1. The fourth-order valence-corrected chi connectivity index (χ4v) is 1.27. The van der Waals surface area contributed by atoms with Gasteiger partial charge >= 0.3 is 6.09 Å². The van der Waals surface area contributed by atoms with Crippen LogP contribution in [-0.4, -0.2) is 25.2 Å². The Kier molecular flexibility index (Phi) is 4.32. The van der Waals surface area contributed by atoms with Gasteiger partial charge < -0.3 is 15.8 Å². The Morgan fingerprint density at radius 3 is 2.50 bits per heavy atom. The third kappa shape index (κ3) is 3.61. The Labute approximate surface area is 93.6 Å². The average Bonchev–Trinajstić information content (AvgIpc) is 2.29. The van der Waals surface area contributed by atoms with Gasteiger partial charge in [-0.15, -0.1) is 0 Å². The number of rotatable bonds is 4. The maximum absolute atomic E-state index is 11.1. The first kappa shape index (κ1) is 12.0. The Bertz CT molecular complexity index is 365. The van der Waals surface area contributed by atoms with Crippen LogP contribution in [0.2, 0.25) is 0 Å². The number of amides is 2. The fourth-order valence-electron chi connectivity index (χ4n) is 1.27. The van der Waals surface area contributed by atoms with E-state index in [9.17, 15) is 9.59 Å². The molecule has 0 aliphatic rings. The summed E-state index contributed by atoms with van der Waals surface area (Å²) in [7, 11) is 1.23. The van der Waals surface area contributed by atoms with Gasteiger partial charge in [0.25, 0.3) is 0 Å². The number of primary amides is 1. The molecule has 1 unspecified atom stereocenters. The molecule has 0 aliphatic carbocycles. The van der Waals surface area contributed by atoms with Crippen LogP contribution in [0.25, 0.3) is 0 Å². The van der Waals surface area contributed by atoms with E-state index in [1.165, 1.54) is 7.11 Å². The number of nitrogens with one attached hydrogen (secondary N) is 1. The second kappa shape index (κ2) is 5.75. The first-order valence-corrected chi connectivity index (χ1v) is 4.81. The van der Waals surface area contributed by atoms with E-state index in [1.807, 2.05) is 30.3 Å². The summed E-state index contributed by atoms with van der Waals surface area (Å²) in [6.45, 7) is 0. The summed E-state index contributed by atoms with van der Waals surface area (Å²) in [5.74, 6) is -0.589. The molecule has 1 atom stereocenters. The second-order valence-electron chi connectivity index (χ2n) is 3.28. The van der Waals surface area contributed by atoms with E-state index < -0.39 is 18.0 Å². The van der Waals surface area contributed by atoms with Gasteiger partial charge in [-0.25, -0.2) is 4.79 Å². The first-order chi connectivity index (χ1) is 7.63. The number of methoxy groups -OCH3 is 1. The van der Waals surface area contributed by atoms with Gasteiger partial charge in [-0.1, -0.05) is 30.3 Å². The summed E-state index contributed by atoms with van der Waals surface area (Å²) in [5.41, 5.74) is 6.10. The molecule has 0 saturated carbocycles. The molecule has 0 aromatic heterocycles. The molecule has 1 rings (SSSR count). The molecule has 3 N–H and O–H groups in total. The molecule has 5 heteroatoms. The zero-order valence-corrected chi connectivity index (χ0v) is 8.97. The summed E-state index contributed by atoms with van der Waals surface area (Å²) in [4.78, 5) is 22.1. The summed E-state index contributed by atoms with van der Waals surface area (Å²) in [6.07, 6.45) is -0.314. The van der Waals surface area contributed by atoms with Gasteiger partial charge in [-0.3, -0.25) is 4.79 Å². The molecule has 0 fully saturated rings. The van der Waals surface area contributed by atoms with E-state index in [1.54, 1.807) is 0 Å². The smallest absolute Gasteiger partial charge is 0.407 e. The Morgan fingerprint density at radius 2 is 2.00 bits per heavy atom. The maximum Gasteiger partial charge on any atom is 0.407 e. The van der Waals surface area contributed by atoms with Crippen LogP contribution in [0.5, 0.6) is 0 Å². The molecule has 0 radical (unpaired) electrons. The van der Waals surface area contributed by atoms with Crippen molar-refractivity contribution >= 4 is 12.0 Å². The van der Waals surface area contributed by atoms with Gasteiger partial charge in [0.15, 0.2) is 0 Å². The molecule has 0 heterocycles. The predicted octanol–water partition coefficient (Wildman–Crippen LogP) is 0.439. The second-order valence-corrected chi connectivity index (χ2v) is 3.28. The molecule has 2 amide bonds. The number of benzene rings is 1. The lowest BCUT2D eigenvalue weighted by Gasteiger charge is -2.14. The zero-order valence-electron chi connectivity index (χ0n) is 8.97. The van der Waals surface area contributed by atoms with Crippen LogP contribution in [0, 0.1) is 0 Å². The topological polar surface area (TPSA) is 81.4 Å².